The van der Waals surface area contributed by atoms with Crippen LogP contribution in [-0.2, 0) is 16.6 Å². The molecule has 0 radical (unpaired) electrons. The van der Waals surface area contributed by atoms with Gasteiger partial charge in [-0.1, -0.05) is 11.6 Å². The first-order chi connectivity index (χ1) is 17.9. The summed E-state index contributed by atoms with van der Waals surface area (Å²) in [5.41, 5.74) is 0.682. The molecule has 0 atom stereocenters. The fourth-order valence-electron chi connectivity index (χ4n) is 3.37. The summed E-state index contributed by atoms with van der Waals surface area (Å²) < 4.78 is 76.7. The molecule has 1 aromatic heterocycles. The van der Waals surface area contributed by atoms with E-state index in [0.29, 0.717) is 11.4 Å². The average Bonchev–Trinajstić information content (AvgIpc) is 3.66. The Labute approximate surface area is 221 Å². The summed E-state index contributed by atoms with van der Waals surface area (Å²) in [5.74, 6) is 0.382. The zero-order valence-electron chi connectivity index (χ0n) is 19.9. The lowest BCUT2D eigenvalue weighted by atomic mass is 10.1. The molecule has 1 saturated carbocycles. The molecule has 2 aromatic carbocycles. The highest BCUT2D eigenvalue weighted by molar-refractivity contribution is 7.91. The summed E-state index contributed by atoms with van der Waals surface area (Å²) in [6.07, 6.45) is -0.620. The molecule has 0 spiro atoms. The molecule has 1 aliphatic carbocycles. The molecule has 4 rings (SSSR count). The molecule has 200 valence electrons. The van der Waals surface area contributed by atoms with Gasteiger partial charge in [0.1, 0.15) is 25.0 Å². The van der Waals surface area contributed by atoms with Gasteiger partial charge in [-0.3, -0.25) is 4.72 Å². The number of nitrogens with one attached hydrogen (secondary N) is 1. The molecule has 1 aliphatic rings. The maximum Gasteiger partial charge on any atom is 0.406 e. The normalized spacial score (nSPS) is 13.5. The quantitative estimate of drug-likeness (QED) is 0.355. The van der Waals surface area contributed by atoms with Crippen LogP contribution in [0.2, 0.25) is 5.02 Å². The van der Waals surface area contributed by atoms with Gasteiger partial charge in [-0.15, -0.1) is 0 Å². The number of anilines is 3. The third kappa shape index (κ3) is 7.62. The Morgan fingerprint density at radius 2 is 1.89 bits per heavy atom. The Kier molecular flexibility index (Phi) is 7.84. The van der Waals surface area contributed by atoms with E-state index in [9.17, 15) is 26.9 Å². The number of aromatic nitrogens is 2. The van der Waals surface area contributed by atoms with Crippen LogP contribution in [0.15, 0.2) is 48.7 Å². The lowest BCUT2D eigenvalue weighted by Gasteiger charge is -2.27. The highest BCUT2D eigenvalue weighted by Crippen LogP contribution is 2.40. The molecule has 38 heavy (non-hydrogen) atoms. The van der Waals surface area contributed by atoms with E-state index >= 15 is 0 Å². The van der Waals surface area contributed by atoms with Crippen LogP contribution in [0.5, 0.6) is 11.5 Å². The zero-order chi connectivity index (χ0) is 27.5. The molecule has 1 fully saturated rings. The van der Waals surface area contributed by atoms with E-state index in [1.807, 2.05) is 6.07 Å². The van der Waals surface area contributed by atoms with Gasteiger partial charge in [0, 0.05) is 17.6 Å². The number of halogens is 4. The van der Waals surface area contributed by atoms with Crippen LogP contribution in [0, 0.1) is 11.3 Å². The van der Waals surface area contributed by atoms with Crippen LogP contribution in [0.4, 0.5) is 30.5 Å². The maximum absolute atomic E-state index is 13.5. The second-order valence-corrected chi connectivity index (χ2v) is 10.6. The van der Waals surface area contributed by atoms with Crippen LogP contribution in [0.1, 0.15) is 24.1 Å². The van der Waals surface area contributed by atoms with E-state index in [4.69, 9.17) is 21.1 Å². The van der Waals surface area contributed by atoms with Crippen molar-refractivity contribution in [3.8, 4) is 17.6 Å². The third-order valence-electron chi connectivity index (χ3n) is 5.13. The van der Waals surface area contributed by atoms with E-state index in [2.05, 4.69) is 14.7 Å². The van der Waals surface area contributed by atoms with E-state index in [-0.39, 0.29) is 46.4 Å². The van der Waals surface area contributed by atoms with Crippen molar-refractivity contribution in [3.05, 3.63) is 64.9 Å². The van der Waals surface area contributed by atoms with E-state index in [0.717, 1.165) is 24.0 Å². The SMILES string of the molecule is CS(=O)(=O)Nc1nccc(COc2ccc(N(CC(F)(F)F)c3cc(Cl)c(OC4CC4)c(C#N)c3)cc2)n1. The molecule has 14 heteroatoms. The molecule has 0 bridgehead atoms. The minimum Gasteiger partial charge on any atom is -0.487 e. The van der Waals surface area contributed by atoms with Gasteiger partial charge < -0.3 is 14.4 Å². The number of benzene rings is 2. The van der Waals surface area contributed by atoms with Crippen molar-refractivity contribution >= 4 is 38.9 Å². The van der Waals surface area contributed by atoms with Crippen molar-refractivity contribution in [1.82, 2.24) is 9.97 Å². The summed E-state index contributed by atoms with van der Waals surface area (Å²) in [5, 5.41) is 9.61. The first-order valence-electron chi connectivity index (χ1n) is 11.2. The molecule has 1 N–H and O–H groups in total. The predicted octanol–water partition coefficient (Wildman–Crippen LogP) is 5.19. The van der Waals surface area contributed by atoms with Crippen molar-refractivity contribution in [2.24, 2.45) is 0 Å². The Balaban J connectivity index is 1.54. The summed E-state index contributed by atoms with van der Waals surface area (Å²) in [4.78, 5) is 8.85. The lowest BCUT2D eigenvalue weighted by Crippen LogP contribution is -2.30. The van der Waals surface area contributed by atoms with Crippen LogP contribution in [0.3, 0.4) is 0 Å². The van der Waals surface area contributed by atoms with Gasteiger partial charge in [0.2, 0.25) is 16.0 Å². The van der Waals surface area contributed by atoms with Gasteiger partial charge in [-0.05, 0) is 55.3 Å². The Bertz CT molecular complexity index is 1460. The van der Waals surface area contributed by atoms with Crippen LogP contribution >= 0.6 is 11.6 Å². The molecule has 0 saturated heterocycles. The third-order valence-corrected chi connectivity index (χ3v) is 5.97. The van der Waals surface area contributed by atoms with Gasteiger partial charge in [-0.25, -0.2) is 18.4 Å². The summed E-state index contributed by atoms with van der Waals surface area (Å²) in [6.45, 7) is -1.37. The molecule has 0 amide bonds. The van der Waals surface area contributed by atoms with Gasteiger partial charge in [0.15, 0.2) is 5.75 Å². The fourth-order valence-corrected chi connectivity index (χ4v) is 4.06. The monoisotopic (exact) mass is 567 g/mol. The van der Waals surface area contributed by atoms with Gasteiger partial charge in [0.25, 0.3) is 0 Å². The smallest absolute Gasteiger partial charge is 0.406 e. The molecule has 0 aliphatic heterocycles. The maximum atomic E-state index is 13.5. The van der Waals surface area contributed by atoms with Crippen molar-refractivity contribution < 1.29 is 31.1 Å². The number of hydrogen-bond donors (Lipinski definition) is 1. The van der Waals surface area contributed by atoms with E-state index in [1.165, 1.54) is 48.7 Å². The number of sulfonamides is 1. The van der Waals surface area contributed by atoms with Gasteiger partial charge in [-0.2, -0.15) is 18.4 Å². The standard InChI is InChI=1S/C24H21ClF3N5O4S/c1-38(34,35)32-23-30-9-8-16(31-23)13-36-19-4-2-17(3-5-19)33(14-24(26,27)28)18-10-15(12-29)22(21(25)11-18)37-20-6-7-20/h2-5,8-11,20H,6-7,13-14H2,1H3,(H,30,31,32). The molecular formula is C24H21ClF3N5O4S. The fraction of sp³-hybridized carbons (Fsp3) is 0.292. The lowest BCUT2D eigenvalue weighted by molar-refractivity contribution is -0.118. The summed E-state index contributed by atoms with van der Waals surface area (Å²) in [7, 11) is -3.56. The number of nitrogens with zero attached hydrogens (tertiary/aromatic N) is 4. The number of nitriles is 1. The van der Waals surface area contributed by atoms with Crippen LogP contribution in [0.25, 0.3) is 0 Å². The minimum absolute atomic E-state index is 0.0427. The highest BCUT2D eigenvalue weighted by atomic mass is 35.5. The molecular weight excluding hydrogens is 547 g/mol. The molecule has 0 unspecified atom stereocenters. The number of alkyl halides is 3. The van der Waals surface area contributed by atoms with Crippen molar-refractivity contribution in [1.29, 1.82) is 5.26 Å². The van der Waals surface area contributed by atoms with Gasteiger partial charge in [0.05, 0.1) is 28.6 Å². The minimum atomic E-state index is -4.55. The highest BCUT2D eigenvalue weighted by Gasteiger charge is 2.33. The van der Waals surface area contributed by atoms with Crippen LogP contribution in [-0.4, -0.2) is 43.5 Å². The first kappa shape index (κ1) is 27.3. The number of ether oxygens (including phenoxy) is 2. The molecule has 9 nitrogen and oxygen atoms in total. The van der Waals surface area contributed by atoms with Crippen molar-refractivity contribution in [2.45, 2.75) is 31.7 Å². The van der Waals surface area contributed by atoms with E-state index in [1.54, 1.807) is 0 Å². The summed E-state index contributed by atoms with van der Waals surface area (Å²) >= 11 is 6.31. The largest absolute Gasteiger partial charge is 0.487 e. The molecule has 3 aromatic rings. The van der Waals surface area contributed by atoms with Gasteiger partial charge >= 0.3 is 6.18 Å². The van der Waals surface area contributed by atoms with E-state index < -0.39 is 22.7 Å². The second-order valence-electron chi connectivity index (χ2n) is 8.46. The Morgan fingerprint density at radius 1 is 1.18 bits per heavy atom. The first-order valence-corrected chi connectivity index (χ1v) is 13.4. The number of rotatable bonds is 10. The molecule has 1 heterocycles. The Morgan fingerprint density at radius 3 is 2.50 bits per heavy atom. The average molecular weight is 568 g/mol. The zero-order valence-corrected chi connectivity index (χ0v) is 21.4. The Hall–Kier alpha value is -3.76. The van der Waals surface area contributed by atoms with Crippen molar-refractivity contribution in [2.75, 3.05) is 22.4 Å². The summed E-state index contributed by atoms with van der Waals surface area (Å²) in [6, 6.07) is 12.0. The second kappa shape index (κ2) is 10.9. The number of hydrogen-bond acceptors (Lipinski definition) is 8. The van der Waals surface area contributed by atoms with Crippen LogP contribution < -0.4 is 19.1 Å². The topological polar surface area (TPSA) is 117 Å². The predicted molar refractivity (Wildman–Crippen MR) is 134 cm³/mol. The van der Waals surface area contributed by atoms with Crippen molar-refractivity contribution in [3.63, 3.8) is 0 Å².